The van der Waals surface area contributed by atoms with Crippen LogP contribution in [0.3, 0.4) is 0 Å². The van der Waals surface area contributed by atoms with Gasteiger partial charge in [0, 0.05) is 18.0 Å². The molecule has 0 saturated carbocycles. The standard InChI is InChI=1S/C27H32N2O5/c1-17(23(30)31)14-15-28-24(32)26(2,3)27(4,5)29-25(33)34-16-22-20-12-8-6-10-18(20)19-11-7-9-13-21(19)22/h6-14,22H,15-16H2,1-5H3,(H,28,32)(H,29,33)(H,30,31)/b17-14+. The molecule has 0 spiro atoms. The highest BCUT2D eigenvalue weighted by Gasteiger charge is 2.44. The number of rotatable bonds is 8. The fourth-order valence-electron chi connectivity index (χ4n) is 3.93. The van der Waals surface area contributed by atoms with E-state index in [-0.39, 0.29) is 30.5 Å². The van der Waals surface area contributed by atoms with Crippen molar-refractivity contribution < 1.29 is 24.2 Å². The fourth-order valence-corrected chi connectivity index (χ4v) is 3.93. The van der Waals surface area contributed by atoms with Crippen molar-refractivity contribution in [1.82, 2.24) is 10.6 Å². The summed E-state index contributed by atoms with van der Waals surface area (Å²) in [6.07, 6.45) is 0.830. The third-order valence-electron chi connectivity index (χ3n) is 6.90. The quantitative estimate of drug-likeness (QED) is 0.500. The number of ether oxygens (including phenoxy) is 1. The van der Waals surface area contributed by atoms with Gasteiger partial charge in [-0.15, -0.1) is 0 Å². The van der Waals surface area contributed by atoms with Crippen LogP contribution >= 0.6 is 0 Å². The highest BCUT2D eigenvalue weighted by molar-refractivity contribution is 5.87. The molecule has 2 aromatic carbocycles. The van der Waals surface area contributed by atoms with E-state index in [1.54, 1.807) is 27.7 Å². The van der Waals surface area contributed by atoms with Gasteiger partial charge in [0.05, 0.1) is 11.0 Å². The first kappa shape index (κ1) is 25.0. The van der Waals surface area contributed by atoms with Gasteiger partial charge in [0.25, 0.3) is 0 Å². The molecule has 0 fully saturated rings. The van der Waals surface area contributed by atoms with Gasteiger partial charge in [0.15, 0.2) is 0 Å². The maximum Gasteiger partial charge on any atom is 0.407 e. The van der Waals surface area contributed by atoms with Crippen molar-refractivity contribution in [3.8, 4) is 11.1 Å². The Morgan fingerprint density at radius 1 is 0.971 bits per heavy atom. The summed E-state index contributed by atoms with van der Waals surface area (Å²) in [7, 11) is 0. The Labute approximate surface area is 200 Å². The second-order valence-corrected chi connectivity index (χ2v) is 9.60. The van der Waals surface area contributed by atoms with Crippen LogP contribution in [0.15, 0.2) is 60.2 Å². The number of carbonyl (C=O) groups is 3. The lowest BCUT2D eigenvalue weighted by atomic mass is 9.73. The third-order valence-corrected chi connectivity index (χ3v) is 6.90. The lowest BCUT2D eigenvalue weighted by molar-refractivity contribution is -0.133. The van der Waals surface area contributed by atoms with Crippen molar-refractivity contribution >= 4 is 18.0 Å². The molecular weight excluding hydrogens is 432 g/mol. The number of hydrogen-bond acceptors (Lipinski definition) is 4. The van der Waals surface area contributed by atoms with Crippen LogP contribution in [0, 0.1) is 5.41 Å². The zero-order valence-corrected chi connectivity index (χ0v) is 20.3. The number of fused-ring (bicyclic) bond motifs is 3. The van der Waals surface area contributed by atoms with E-state index in [4.69, 9.17) is 9.84 Å². The molecule has 0 aliphatic heterocycles. The number of hydrogen-bond donors (Lipinski definition) is 3. The summed E-state index contributed by atoms with van der Waals surface area (Å²) < 4.78 is 5.63. The molecular formula is C27H32N2O5. The van der Waals surface area contributed by atoms with Crippen LogP contribution in [0.2, 0.25) is 0 Å². The second-order valence-electron chi connectivity index (χ2n) is 9.60. The Balaban J connectivity index is 1.63. The van der Waals surface area contributed by atoms with Crippen molar-refractivity contribution in [3.05, 3.63) is 71.3 Å². The van der Waals surface area contributed by atoms with Crippen molar-refractivity contribution in [1.29, 1.82) is 0 Å². The first-order valence-electron chi connectivity index (χ1n) is 11.3. The van der Waals surface area contributed by atoms with Crippen LogP contribution in [0.25, 0.3) is 11.1 Å². The maximum absolute atomic E-state index is 12.8. The number of aliphatic carboxylic acids is 1. The van der Waals surface area contributed by atoms with Gasteiger partial charge in [-0.1, -0.05) is 54.6 Å². The van der Waals surface area contributed by atoms with Gasteiger partial charge >= 0.3 is 12.1 Å². The molecule has 0 aromatic heterocycles. The number of carbonyl (C=O) groups excluding carboxylic acids is 2. The lowest BCUT2D eigenvalue weighted by Crippen LogP contribution is -2.59. The maximum atomic E-state index is 12.8. The lowest BCUT2D eigenvalue weighted by Gasteiger charge is -2.40. The van der Waals surface area contributed by atoms with Gasteiger partial charge in [-0.3, -0.25) is 4.79 Å². The Morgan fingerprint density at radius 3 is 2.03 bits per heavy atom. The predicted molar refractivity (Wildman–Crippen MR) is 130 cm³/mol. The topological polar surface area (TPSA) is 105 Å². The van der Waals surface area contributed by atoms with Gasteiger partial charge < -0.3 is 20.5 Å². The molecule has 0 radical (unpaired) electrons. The van der Waals surface area contributed by atoms with E-state index in [2.05, 4.69) is 34.9 Å². The van der Waals surface area contributed by atoms with Gasteiger partial charge in [0.1, 0.15) is 6.61 Å². The molecule has 0 bridgehead atoms. The minimum atomic E-state index is -1.04. The molecule has 3 rings (SSSR count). The molecule has 180 valence electrons. The number of carboxylic acid groups (broad SMARTS) is 1. The van der Waals surface area contributed by atoms with Gasteiger partial charge in [-0.2, -0.15) is 0 Å². The van der Waals surface area contributed by atoms with E-state index in [0.717, 1.165) is 22.3 Å². The predicted octanol–water partition coefficient (Wildman–Crippen LogP) is 4.48. The number of carboxylic acids is 1. The molecule has 0 saturated heterocycles. The molecule has 0 atom stereocenters. The van der Waals surface area contributed by atoms with E-state index < -0.39 is 23.0 Å². The smallest absolute Gasteiger partial charge is 0.407 e. The molecule has 0 heterocycles. The number of nitrogens with one attached hydrogen (secondary N) is 2. The Kier molecular flexibility index (Phi) is 7.15. The zero-order valence-electron chi connectivity index (χ0n) is 20.3. The summed E-state index contributed by atoms with van der Waals surface area (Å²) in [6, 6.07) is 16.2. The van der Waals surface area contributed by atoms with E-state index in [0.29, 0.717) is 0 Å². The summed E-state index contributed by atoms with van der Waals surface area (Å²) in [6.45, 7) is 8.68. The Bertz CT molecular complexity index is 1090. The van der Waals surface area contributed by atoms with Gasteiger partial charge in [-0.25, -0.2) is 9.59 Å². The highest BCUT2D eigenvalue weighted by Crippen LogP contribution is 2.44. The number of amides is 2. The SMILES string of the molecule is C/C(=C\CNC(=O)C(C)(C)C(C)(C)NC(=O)OCC1c2ccccc2-c2ccccc21)C(=O)O. The van der Waals surface area contributed by atoms with Crippen LogP contribution in [-0.4, -0.2) is 41.8 Å². The van der Waals surface area contributed by atoms with Gasteiger partial charge in [0.2, 0.25) is 5.91 Å². The first-order chi connectivity index (χ1) is 16.0. The molecule has 2 aromatic rings. The third kappa shape index (κ3) is 4.98. The van der Waals surface area contributed by atoms with Crippen molar-refractivity contribution in [3.63, 3.8) is 0 Å². The molecule has 2 amide bonds. The fraction of sp³-hybridized carbons (Fsp3) is 0.370. The zero-order chi connectivity index (χ0) is 25.1. The van der Waals surface area contributed by atoms with Crippen LogP contribution in [0.4, 0.5) is 4.79 Å². The molecule has 1 aliphatic carbocycles. The van der Waals surface area contributed by atoms with Crippen molar-refractivity contribution in [2.75, 3.05) is 13.2 Å². The number of alkyl carbamates (subject to hydrolysis) is 1. The monoisotopic (exact) mass is 464 g/mol. The average Bonchev–Trinajstić information content (AvgIpc) is 3.10. The molecule has 34 heavy (non-hydrogen) atoms. The normalized spacial score (nSPS) is 13.6. The minimum Gasteiger partial charge on any atom is -0.478 e. The van der Waals surface area contributed by atoms with Crippen molar-refractivity contribution in [2.45, 2.75) is 46.1 Å². The number of benzene rings is 2. The summed E-state index contributed by atoms with van der Waals surface area (Å²) in [5, 5.41) is 14.5. The van der Waals surface area contributed by atoms with E-state index in [1.165, 1.54) is 13.0 Å². The molecule has 7 heteroatoms. The van der Waals surface area contributed by atoms with E-state index in [1.807, 2.05) is 24.3 Å². The van der Waals surface area contributed by atoms with Gasteiger partial charge in [-0.05, 0) is 56.9 Å². The largest absolute Gasteiger partial charge is 0.478 e. The summed E-state index contributed by atoms with van der Waals surface area (Å²) in [5.41, 5.74) is 2.76. The molecule has 7 nitrogen and oxygen atoms in total. The summed E-state index contributed by atoms with van der Waals surface area (Å²) in [5.74, 6) is -1.40. The summed E-state index contributed by atoms with van der Waals surface area (Å²) in [4.78, 5) is 36.5. The molecule has 0 unspecified atom stereocenters. The first-order valence-corrected chi connectivity index (χ1v) is 11.3. The van der Waals surface area contributed by atoms with Crippen LogP contribution in [0.5, 0.6) is 0 Å². The van der Waals surface area contributed by atoms with E-state index in [9.17, 15) is 14.4 Å². The summed E-state index contributed by atoms with van der Waals surface area (Å²) >= 11 is 0. The Morgan fingerprint density at radius 2 is 1.50 bits per heavy atom. The van der Waals surface area contributed by atoms with Crippen LogP contribution in [-0.2, 0) is 14.3 Å². The minimum absolute atomic E-state index is 0.0539. The highest BCUT2D eigenvalue weighted by atomic mass is 16.5. The second kappa shape index (κ2) is 9.71. The van der Waals surface area contributed by atoms with E-state index >= 15 is 0 Å². The Hall–Kier alpha value is -3.61. The average molecular weight is 465 g/mol. The molecule has 1 aliphatic rings. The van der Waals surface area contributed by atoms with Crippen LogP contribution < -0.4 is 10.6 Å². The van der Waals surface area contributed by atoms with Crippen molar-refractivity contribution in [2.24, 2.45) is 5.41 Å². The molecule has 3 N–H and O–H groups in total. The van der Waals surface area contributed by atoms with Crippen LogP contribution in [0.1, 0.15) is 51.7 Å².